The molecule has 3 aromatic rings. The molecule has 1 aliphatic rings. The number of likely N-dealkylation sites (tertiary alicyclic amines) is 1. The van der Waals surface area contributed by atoms with E-state index in [1.54, 1.807) is 11.3 Å². The molecule has 24 heavy (non-hydrogen) atoms. The van der Waals surface area contributed by atoms with Gasteiger partial charge >= 0.3 is 0 Å². The molecule has 1 saturated heterocycles. The molecule has 3 heteroatoms. The van der Waals surface area contributed by atoms with Gasteiger partial charge in [0, 0.05) is 27.6 Å². The lowest BCUT2D eigenvalue weighted by atomic mass is 10.1. The van der Waals surface area contributed by atoms with Gasteiger partial charge in [0.2, 0.25) is 0 Å². The van der Waals surface area contributed by atoms with Gasteiger partial charge in [0.25, 0.3) is 0 Å². The van der Waals surface area contributed by atoms with Crippen molar-refractivity contribution in [1.82, 2.24) is 4.90 Å². The van der Waals surface area contributed by atoms with Crippen LogP contribution in [0.15, 0.2) is 42.5 Å². The van der Waals surface area contributed by atoms with E-state index >= 15 is 0 Å². The van der Waals surface area contributed by atoms with Crippen LogP contribution in [-0.4, -0.2) is 31.1 Å². The van der Waals surface area contributed by atoms with Gasteiger partial charge in [-0.25, -0.2) is 0 Å². The summed E-state index contributed by atoms with van der Waals surface area (Å²) >= 11 is 1.80. The molecule has 0 unspecified atom stereocenters. The lowest BCUT2D eigenvalue weighted by molar-refractivity contribution is 0.238. The second-order valence-corrected chi connectivity index (χ2v) is 7.53. The molecule has 0 amide bonds. The number of nitrogens with zero attached hydrogens (tertiary/aromatic N) is 1. The fourth-order valence-corrected chi connectivity index (χ4v) is 4.21. The minimum atomic E-state index is 0.771. The van der Waals surface area contributed by atoms with E-state index in [4.69, 9.17) is 4.74 Å². The number of thiophene rings is 1. The molecule has 2 aromatic carbocycles. The van der Waals surface area contributed by atoms with Crippen molar-refractivity contribution < 1.29 is 4.74 Å². The molecule has 0 bridgehead atoms. The summed E-state index contributed by atoms with van der Waals surface area (Å²) in [7, 11) is 0. The van der Waals surface area contributed by atoms with E-state index in [0.29, 0.717) is 0 Å². The minimum absolute atomic E-state index is 0.771. The number of fused-ring (bicyclic) bond motifs is 1. The second kappa shape index (κ2) is 6.96. The topological polar surface area (TPSA) is 12.5 Å². The molecule has 0 atom stereocenters. The molecule has 2 nitrogen and oxygen atoms in total. The standard InChI is InChI=1S/C21H22NOS/c1-16-4-9-20-18(14-16)15-21(24-20)17-5-7-19(8-6-17)23-13-12-22-10-2-3-11-22/h4-9,14H,2-3,10-13H2,1H3. The number of ether oxygens (including phenoxy) is 1. The molecular formula is C21H22NOS. The second-order valence-electron chi connectivity index (χ2n) is 6.48. The molecular weight excluding hydrogens is 314 g/mol. The van der Waals surface area contributed by atoms with Gasteiger partial charge < -0.3 is 4.74 Å². The van der Waals surface area contributed by atoms with Crippen molar-refractivity contribution in [2.24, 2.45) is 0 Å². The van der Waals surface area contributed by atoms with Gasteiger partial charge in [0.1, 0.15) is 12.4 Å². The molecule has 0 aliphatic carbocycles. The Labute approximate surface area is 147 Å². The zero-order valence-corrected chi connectivity index (χ0v) is 14.9. The number of hydrogen-bond acceptors (Lipinski definition) is 3. The summed E-state index contributed by atoms with van der Waals surface area (Å²) in [4.78, 5) is 3.67. The quantitative estimate of drug-likeness (QED) is 0.639. The maximum Gasteiger partial charge on any atom is 0.119 e. The molecule has 0 saturated carbocycles. The highest BCUT2D eigenvalue weighted by atomic mass is 32.1. The van der Waals surface area contributed by atoms with Crippen LogP contribution in [0.4, 0.5) is 0 Å². The Kier molecular flexibility index (Phi) is 4.54. The predicted octanol–water partition coefficient (Wildman–Crippen LogP) is 5.15. The summed E-state index contributed by atoms with van der Waals surface area (Å²) in [5.74, 6) is 0.954. The van der Waals surface area contributed by atoms with Crippen LogP contribution in [0, 0.1) is 13.0 Å². The van der Waals surface area contributed by atoms with E-state index in [2.05, 4.69) is 60.4 Å². The first-order chi connectivity index (χ1) is 11.8. The van der Waals surface area contributed by atoms with Crippen LogP contribution in [0.5, 0.6) is 5.75 Å². The van der Waals surface area contributed by atoms with E-state index in [0.717, 1.165) is 18.9 Å². The third-order valence-corrected chi connectivity index (χ3v) is 5.70. The van der Waals surface area contributed by atoms with E-state index < -0.39 is 0 Å². The first-order valence-corrected chi connectivity index (χ1v) is 9.48. The maximum atomic E-state index is 5.88. The van der Waals surface area contributed by atoms with E-state index in [1.807, 2.05) is 0 Å². The van der Waals surface area contributed by atoms with Crippen molar-refractivity contribution in [2.45, 2.75) is 19.8 Å². The van der Waals surface area contributed by atoms with Crippen molar-refractivity contribution in [3.8, 4) is 16.2 Å². The zero-order valence-electron chi connectivity index (χ0n) is 14.0. The van der Waals surface area contributed by atoms with E-state index in [9.17, 15) is 0 Å². The third-order valence-electron chi connectivity index (χ3n) is 4.59. The van der Waals surface area contributed by atoms with Crippen LogP contribution in [0.3, 0.4) is 0 Å². The molecule has 0 N–H and O–H groups in total. The van der Waals surface area contributed by atoms with Crippen molar-refractivity contribution in [3.05, 3.63) is 54.1 Å². The highest BCUT2D eigenvalue weighted by Gasteiger charge is 2.11. The van der Waals surface area contributed by atoms with Crippen molar-refractivity contribution in [3.63, 3.8) is 0 Å². The Hall–Kier alpha value is -1.84. The van der Waals surface area contributed by atoms with Crippen LogP contribution < -0.4 is 4.74 Å². The lowest BCUT2D eigenvalue weighted by Gasteiger charge is -2.14. The lowest BCUT2D eigenvalue weighted by Crippen LogP contribution is -2.25. The maximum absolute atomic E-state index is 5.88. The zero-order chi connectivity index (χ0) is 16.4. The molecule has 0 spiro atoms. The van der Waals surface area contributed by atoms with Gasteiger partial charge in [0.15, 0.2) is 0 Å². The molecule has 123 valence electrons. The summed E-state index contributed by atoms with van der Waals surface area (Å²) in [6, 6.07) is 18.5. The number of benzene rings is 2. The average Bonchev–Trinajstić information content (AvgIpc) is 3.24. The SMILES string of the molecule is Cc1ccc2sc(-c3ccc(OCCN4CCCC4)cc3)[c]c2c1. The smallest absolute Gasteiger partial charge is 0.119 e. The Morgan fingerprint density at radius 1 is 1.08 bits per heavy atom. The molecule has 1 aromatic heterocycles. The van der Waals surface area contributed by atoms with E-state index in [-0.39, 0.29) is 0 Å². The molecule has 4 rings (SSSR count). The van der Waals surface area contributed by atoms with Crippen LogP contribution in [0.25, 0.3) is 20.5 Å². The predicted molar refractivity (Wildman–Crippen MR) is 102 cm³/mol. The first-order valence-electron chi connectivity index (χ1n) is 8.66. The number of aryl methyl sites for hydroxylation is 1. The Balaban J connectivity index is 1.42. The Bertz CT molecular complexity index is 815. The van der Waals surface area contributed by atoms with Gasteiger partial charge in [-0.1, -0.05) is 11.6 Å². The fourth-order valence-electron chi connectivity index (χ4n) is 3.22. The summed E-state index contributed by atoms with van der Waals surface area (Å²) in [5.41, 5.74) is 2.49. The van der Waals surface area contributed by atoms with E-state index in [1.165, 1.54) is 52.0 Å². The molecule has 2 heterocycles. The van der Waals surface area contributed by atoms with Gasteiger partial charge in [-0.3, -0.25) is 4.90 Å². The third kappa shape index (κ3) is 3.47. The van der Waals surface area contributed by atoms with Gasteiger partial charge in [0.05, 0.1) is 0 Å². The monoisotopic (exact) mass is 336 g/mol. The molecule has 1 aliphatic heterocycles. The van der Waals surface area contributed by atoms with Crippen molar-refractivity contribution >= 4 is 21.4 Å². The van der Waals surface area contributed by atoms with Crippen LogP contribution in [0.2, 0.25) is 0 Å². The first kappa shape index (κ1) is 15.7. The average molecular weight is 336 g/mol. The highest BCUT2D eigenvalue weighted by Crippen LogP contribution is 2.34. The summed E-state index contributed by atoms with van der Waals surface area (Å²) in [6.45, 7) is 6.38. The Morgan fingerprint density at radius 2 is 1.88 bits per heavy atom. The summed E-state index contributed by atoms with van der Waals surface area (Å²) in [5, 5.41) is 1.21. The van der Waals surface area contributed by atoms with Gasteiger partial charge in [-0.2, -0.15) is 0 Å². The van der Waals surface area contributed by atoms with Gasteiger partial charge in [-0.15, -0.1) is 11.3 Å². The normalized spacial score (nSPS) is 15.2. The minimum Gasteiger partial charge on any atom is -0.492 e. The van der Waals surface area contributed by atoms with Crippen molar-refractivity contribution in [1.29, 1.82) is 0 Å². The number of rotatable bonds is 5. The summed E-state index contributed by atoms with van der Waals surface area (Å²) in [6.07, 6.45) is 2.67. The molecule has 1 fully saturated rings. The fraction of sp³-hybridized carbons (Fsp3) is 0.333. The highest BCUT2D eigenvalue weighted by molar-refractivity contribution is 7.22. The Morgan fingerprint density at radius 3 is 2.67 bits per heavy atom. The van der Waals surface area contributed by atoms with Crippen molar-refractivity contribution in [2.75, 3.05) is 26.2 Å². The van der Waals surface area contributed by atoms with Crippen LogP contribution in [0.1, 0.15) is 18.4 Å². The van der Waals surface area contributed by atoms with Gasteiger partial charge in [-0.05, 0) is 74.8 Å². The largest absolute Gasteiger partial charge is 0.492 e. The van der Waals surface area contributed by atoms with Crippen LogP contribution >= 0.6 is 11.3 Å². The molecule has 1 radical (unpaired) electrons. The number of hydrogen-bond donors (Lipinski definition) is 0. The summed E-state index contributed by atoms with van der Waals surface area (Å²) < 4.78 is 7.18. The van der Waals surface area contributed by atoms with Crippen LogP contribution in [-0.2, 0) is 0 Å².